The molecule has 3 saturated carbocycles. The molecule has 0 bridgehead atoms. The van der Waals surface area contributed by atoms with Gasteiger partial charge in [-0.25, -0.2) is 8.42 Å². The van der Waals surface area contributed by atoms with Crippen molar-refractivity contribution in [1.29, 1.82) is 0 Å². The normalized spacial score (nSPS) is 34.7. The van der Waals surface area contributed by atoms with Crippen LogP contribution >= 0.6 is 0 Å². The zero-order valence-corrected chi connectivity index (χ0v) is 23.2. The molecule has 0 radical (unpaired) electrons. The first kappa shape index (κ1) is 27.3. The molecule has 3 aliphatic carbocycles. The average Bonchev–Trinajstić information content (AvgIpc) is 3.18. The standard InChI is InChI=1S/C31H44O4S/c1-21(20-30(3,4)36(34,35)26-11-7-6-8-12-26)27-15-16-28-23(10-9-17-31(27,28)5)13-14-24-18-25(32)19-29(33)22(24)2/h6-8,11-14,21,25,27-29,32-33H,2,9-10,15-20H2,1,3-5H3/t21-,25?,27-,28+,29?,31-/m1/s1. The molecule has 5 heteroatoms. The van der Waals surface area contributed by atoms with E-state index in [0.29, 0.717) is 41.9 Å². The van der Waals surface area contributed by atoms with Crippen LogP contribution in [0.15, 0.2) is 70.7 Å². The minimum Gasteiger partial charge on any atom is -0.393 e. The first-order chi connectivity index (χ1) is 16.9. The summed E-state index contributed by atoms with van der Waals surface area (Å²) < 4.78 is 26.1. The van der Waals surface area contributed by atoms with Gasteiger partial charge < -0.3 is 10.2 Å². The molecule has 0 saturated heterocycles. The SMILES string of the molecule is C=C1C(=CC=C2CCC[C@]3(C)[C@@H]([C@H](C)CC(C)(C)S(=O)(=O)c4ccccc4)CC[C@@H]23)CC(O)CC1O. The third-order valence-electron chi connectivity index (χ3n) is 9.58. The van der Waals surface area contributed by atoms with Crippen molar-refractivity contribution in [2.24, 2.45) is 23.2 Å². The average molecular weight is 513 g/mol. The highest BCUT2D eigenvalue weighted by molar-refractivity contribution is 7.92. The van der Waals surface area contributed by atoms with Gasteiger partial charge in [0.15, 0.2) is 9.84 Å². The van der Waals surface area contributed by atoms with Gasteiger partial charge in [0.1, 0.15) is 0 Å². The van der Waals surface area contributed by atoms with Crippen LogP contribution in [-0.2, 0) is 9.84 Å². The van der Waals surface area contributed by atoms with E-state index in [-0.39, 0.29) is 5.41 Å². The minimum atomic E-state index is -3.43. The van der Waals surface area contributed by atoms with Crippen LogP contribution in [0.5, 0.6) is 0 Å². The maximum Gasteiger partial charge on any atom is 0.183 e. The van der Waals surface area contributed by atoms with Gasteiger partial charge in [0.2, 0.25) is 0 Å². The van der Waals surface area contributed by atoms with Crippen molar-refractivity contribution in [3.63, 3.8) is 0 Å². The minimum absolute atomic E-state index is 0.164. The molecule has 0 aromatic heterocycles. The second-order valence-electron chi connectivity index (χ2n) is 12.4. The summed E-state index contributed by atoms with van der Waals surface area (Å²) in [6.07, 6.45) is 10.4. The lowest BCUT2D eigenvalue weighted by Gasteiger charge is -2.45. The maximum absolute atomic E-state index is 13.5. The largest absolute Gasteiger partial charge is 0.393 e. The molecule has 0 aliphatic heterocycles. The number of sulfone groups is 1. The molecule has 4 rings (SSSR count). The Hall–Kier alpha value is -1.69. The van der Waals surface area contributed by atoms with Crippen molar-refractivity contribution in [3.05, 3.63) is 65.8 Å². The van der Waals surface area contributed by atoms with Crippen molar-refractivity contribution >= 4 is 9.84 Å². The van der Waals surface area contributed by atoms with Crippen LogP contribution < -0.4 is 0 Å². The Morgan fingerprint density at radius 1 is 1.17 bits per heavy atom. The van der Waals surface area contributed by atoms with Gasteiger partial charge in [0, 0.05) is 6.42 Å². The number of fused-ring (bicyclic) bond motifs is 1. The molecule has 0 heterocycles. The molecule has 4 nitrogen and oxygen atoms in total. The zero-order valence-electron chi connectivity index (χ0n) is 22.4. The van der Waals surface area contributed by atoms with Crippen LogP contribution in [0, 0.1) is 23.2 Å². The van der Waals surface area contributed by atoms with E-state index in [9.17, 15) is 18.6 Å². The third kappa shape index (κ3) is 5.04. The fourth-order valence-corrected chi connectivity index (χ4v) is 9.26. The van der Waals surface area contributed by atoms with E-state index in [0.717, 1.165) is 36.8 Å². The maximum atomic E-state index is 13.5. The van der Waals surface area contributed by atoms with Crippen molar-refractivity contribution < 1.29 is 18.6 Å². The first-order valence-electron chi connectivity index (χ1n) is 13.6. The van der Waals surface area contributed by atoms with E-state index in [1.54, 1.807) is 24.3 Å². The number of rotatable bonds is 6. The number of hydrogen-bond acceptors (Lipinski definition) is 4. The topological polar surface area (TPSA) is 74.6 Å². The van der Waals surface area contributed by atoms with Crippen LogP contribution in [0.25, 0.3) is 0 Å². The Bertz CT molecular complexity index is 1130. The highest BCUT2D eigenvalue weighted by Crippen LogP contribution is 2.60. The van der Waals surface area contributed by atoms with E-state index in [4.69, 9.17) is 0 Å². The van der Waals surface area contributed by atoms with E-state index >= 15 is 0 Å². The second kappa shape index (κ2) is 10.2. The van der Waals surface area contributed by atoms with Gasteiger partial charge in [-0.05, 0) is 105 Å². The molecule has 198 valence electrons. The highest BCUT2D eigenvalue weighted by atomic mass is 32.2. The van der Waals surface area contributed by atoms with Gasteiger partial charge in [-0.15, -0.1) is 0 Å². The molecule has 2 N–H and O–H groups in total. The van der Waals surface area contributed by atoms with E-state index in [2.05, 4.69) is 32.6 Å². The Labute approximate surface area is 218 Å². The zero-order chi connectivity index (χ0) is 26.3. The number of benzene rings is 1. The summed E-state index contributed by atoms with van der Waals surface area (Å²) in [5, 5.41) is 20.3. The molecule has 3 fully saturated rings. The van der Waals surface area contributed by atoms with Crippen LogP contribution in [0.4, 0.5) is 0 Å². The fourth-order valence-electron chi connectivity index (χ4n) is 7.63. The summed E-state index contributed by atoms with van der Waals surface area (Å²) in [5.74, 6) is 1.28. The summed E-state index contributed by atoms with van der Waals surface area (Å²) in [6.45, 7) is 12.5. The van der Waals surface area contributed by atoms with Crippen LogP contribution in [-0.4, -0.2) is 35.6 Å². The second-order valence-corrected chi connectivity index (χ2v) is 15.0. The number of aliphatic hydroxyl groups is 2. The van der Waals surface area contributed by atoms with Gasteiger partial charge >= 0.3 is 0 Å². The van der Waals surface area contributed by atoms with Crippen molar-refractivity contribution in [2.75, 3.05) is 0 Å². The van der Waals surface area contributed by atoms with Crippen LogP contribution in [0.1, 0.15) is 79.1 Å². The molecule has 36 heavy (non-hydrogen) atoms. The van der Waals surface area contributed by atoms with E-state index in [1.165, 1.54) is 12.0 Å². The molecule has 2 unspecified atom stereocenters. The quantitative estimate of drug-likeness (QED) is 0.462. The van der Waals surface area contributed by atoms with E-state index in [1.807, 2.05) is 19.9 Å². The van der Waals surface area contributed by atoms with Gasteiger partial charge in [0.05, 0.1) is 21.9 Å². The molecular formula is C31H44O4S. The van der Waals surface area contributed by atoms with Gasteiger partial charge in [-0.2, -0.15) is 0 Å². The van der Waals surface area contributed by atoms with Gasteiger partial charge in [-0.1, -0.05) is 56.4 Å². The predicted octanol–water partition coefficient (Wildman–Crippen LogP) is 6.41. The molecule has 6 atom stereocenters. The van der Waals surface area contributed by atoms with Crippen LogP contribution in [0.2, 0.25) is 0 Å². The van der Waals surface area contributed by atoms with E-state index < -0.39 is 26.8 Å². The molecular weight excluding hydrogens is 468 g/mol. The molecule has 1 aromatic carbocycles. The molecule has 0 spiro atoms. The molecule has 1 aromatic rings. The van der Waals surface area contributed by atoms with Gasteiger partial charge in [0.25, 0.3) is 0 Å². The summed E-state index contributed by atoms with van der Waals surface area (Å²) in [6, 6.07) is 8.86. The summed E-state index contributed by atoms with van der Waals surface area (Å²) >= 11 is 0. The summed E-state index contributed by atoms with van der Waals surface area (Å²) in [5.41, 5.74) is 3.31. The number of aliphatic hydroxyl groups excluding tert-OH is 2. The Morgan fingerprint density at radius 2 is 1.86 bits per heavy atom. The number of hydrogen-bond donors (Lipinski definition) is 2. The molecule has 0 amide bonds. The summed E-state index contributed by atoms with van der Waals surface area (Å²) in [4.78, 5) is 0.410. The monoisotopic (exact) mass is 512 g/mol. The fraction of sp³-hybridized carbons (Fsp3) is 0.613. The van der Waals surface area contributed by atoms with Crippen molar-refractivity contribution in [2.45, 2.75) is 101 Å². The van der Waals surface area contributed by atoms with Crippen molar-refractivity contribution in [1.82, 2.24) is 0 Å². The third-order valence-corrected chi connectivity index (χ3v) is 12.1. The lowest BCUT2D eigenvalue weighted by atomic mass is 9.60. The Balaban J connectivity index is 1.53. The summed E-state index contributed by atoms with van der Waals surface area (Å²) in [7, 11) is -3.43. The smallest absolute Gasteiger partial charge is 0.183 e. The Kier molecular flexibility index (Phi) is 7.77. The highest BCUT2D eigenvalue weighted by Gasteiger charge is 2.52. The lowest BCUT2D eigenvalue weighted by molar-refractivity contribution is 0.0860. The first-order valence-corrected chi connectivity index (χ1v) is 15.1. The molecule has 3 aliphatic rings. The Morgan fingerprint density at radius 3 is 2.56 bits per heavy atom. The predicted molar refractivity (Wildman–Crippen MR) is 146 cm³/mol. The van der Waals surface area contributed by atoms with Crippen LogP contribution in [0.3, 0.4) is 0 Å². The number of allylic oxidation sites excluding steroid dienone is 3. The van der Waals surface area contributed by atoms with Crippen molar-refractivity contribution in [3.8, 4) is 0 Å². The lowest BCUT2D eigenvalue weighted by Crippen LogP contribution is -2.40. The van der Waals surface area contributed by atoms with Gasteiger partial charge in [-0.3, -0.25) is 0 Å².